The van der Waals surface area contributed by atoms with Crippen molar-refractivity contribution in [2.45, 2.75) is 12.3 Å². The molecule has 3 rings (SSSR count). The number of benzene rings is 2. The maximum absolute atomic E-state index is 6.05. The average molecular weight is 274 g/mol. The number of ether oxygens (including phenoxy) is 1. The first-order valence-corrected chi connectivity index (χ1v) is 6.83. The van der Waals surface area contributed by atoms with Gasteiger partial charge in [-0.3, -0.25) is 0 Å². The van der Waals surface area contributed by atoms with Crippen LogP contribution in [0.15, 0.2) is 42.5 Å². The van der Waals surface area contributed by atoms with E-state index in [-0.39, 0.29) is 0 Å². The van der Waals surface area contributed by atoms with Crippen molar-refractivity contribution in [1.29, 1.82) is 0 Å². The van der Waals surface area contributed by atoms with Crippen LogP contribution in [0.3, 0.4) is 0 Å². The van der Waals surface area contributed by atoms with Gasteiger partial charge in [-0.15, -0.1) is 0 Å². The SMILES string of the molecule is COc1ccc([C@H]2CCNc3cc(Cl)ccc32)cc1. The van der Waals surface area contributed by atoms with E-state index >= 15 is 0 Å². The first-order chi connectivity index (χ1) is 9.28. The van der Waals surface area contributed by atoms with E-state index in [9.17, 15) is 0 Å². The monoisotopic (exact) mass is 273 g/mol. The second kappa shape index (κ2) is 5.14. The van der Waals surface area contributed by atoms with E-state index in [0.717, 1.165) is 29.4 Å². The Kier molecular flexibility index (Phi) is 3.34. The van der Waals surface area contributed by atoms with Gasteiger partial charge >= 0.3 is 0 Å². The lowest BCUT2D eigenvalue weighted by atomic mass is 9.85. The molecule has 0 fully saturated rings. The zero-order valence-electron chi connectivity index (χ0n) is 10.8. The van der Waals surface area contributed by atoms with Crippen molar-refractivity contribution in [3.8, 4) is 5.75 Å². The lowest BCUT2D eigenvalue weighted by molar-refractivity contribution is 0.414. The number of hydrogen-bond acceptors (Lipinski definition) is 2. The average Bonchev–Trinajstić information content (AvgIpc) is 2.46. The summed E-state index contributed by atoms with van der Waals surface area (Å²) < 4.78 is 5.21. The number of anilines is 1. The molecule has 0 amide bonds. The normalized spacial score (nSPS) is 17.5. The van der Waals surface area contributed by atoms with Crippen molar-refractivity contribution in [2.24, 2.45) is 0 Å². The molecule has 2 nitrogen and oxygen atoms in total. The number of fused-ring (bicyclic) bond motifs is 1. The Morgan fingerprint density at radius 2 is 1.95 bits per heavy atom. The van der Waals surface area contributed by atoms with Crippen LogP contribution in [0.25, 0.3) is 0 Å². The topological polar surface area (TPSA) is 21.3 Å². The molecule has 0 radical (unpaired) electrons. The fourth-order valence-electron chi connectivity index (χ4n) is 2.67. The summed E-state index contributed by atoms with van der Waals surface area (Å²) in [6, 6.07) is 14.4. The second-order valence-electron chi connectivity index (χ2n) is 4.77. The Morgan fingerprint density at radius 3 is 2.68 bits per heavy atom. The van der Waals surface area contributed by atoms with E-state index < -0.39 is 0 Å². The summed E-state index contributed by atoms with van der Waals surface area (Å²) in [6.07, 6.45) is 1.10. The van der Waals surface area contributed by atoms with Gasteiger partial charge < -0.3 is 10.1 Å². The van der Waals surface area contributed by atoms with Gasteiger partial charge in [-0.05, 0) is 41.8 Å². The zero-order valence-corrected chi connectivity index (χ0v) is 11.6. The van der Waals surface area contributed by atoms with E-state index in [0.29, 0.717) is 5.92 Å². The fraction of sp³-hybridized carbons (Fsp3) is 0.250. The molecule has 1 aliphatic rings. The minimum absolute atomic E-state index is 0.430. The third-order valence-corrected chi connectivity index (χ3v) is 3.89. The lowest BCUT2D eigenvalue weighted by Gasteiger charge is -2.27. The summed E-state index contributed by atoms with van der Waals surface area (Å²) in [4.78, 5) is 0. The first kappa shape index (κ1) is 12.4. The molecule has 1 N–H and O–H groups in total. The van der Waals surface area contributed by atoms with Crippen LogP contribution >= 0.6 is 11.6 Å². The Morgan fingerprint density at radius 1 is 1.16 bits per heavy atom. The van der Waals surface area contributed by atoms with Crippen LogP contribution < -0.4 is 10.1 Å². The van der Waals surface area contributed by atoms with E-state index in [1.165, 1.54) is 11.1 Å². The molecule has 0 bridgehead atoms. The number of halogens is 1. The highest BCUT2D eigenvalue weighted by molar-refractivity contribution is 6.30. The van der Waals surface area contributed by atoms with Gasteiger partial charge in [0, 0.05) is 23.2 Å². The van der Waals surface area contributed by atoms with Gasteiger partial charge in [0.1, 0.15) is 5.75 Å². The molecule has 0 spiro atoms. The number of hydrogen-bond donors (Lipinski definition) is 1. The summed E-state index contributed by atoms with van der Waals surface area (Å²) in [5.74, 6) is 1.33. The third kappa shape index (κ3) is 2.41. The van der Waals surface area contributed by atoms with Gasteiger partial charge in [0.15, 0.2) is 0 Å². The van der Waals surface area contributed by atoms with E-state index in [1.807, 2.05) is 24.3 Å². The lowest BCUT2D eigenvalue weighted by Crippen LogP contribution is -2.17. The Balaban J connectivity index is 1.98. The molecule has 0 aliphatic carbocycles. The van der Waals surface area contributed by atoms with Crippen LogP contribution in [-0.2, 0) is 0 Å². The molecule has 0 saturated heterocycles. The maximum atomic E-state index is 6.05. The van der Waals surface area contributed by atoms with Gasteiger partial charge in [-0.25, -0.2) is 0 Å². The van der Waals surface area contributed by atoms with Gasteiger partial charge in [-0.1, -0.05) is 29.8 Å². The number of methoxy groups -OCH3 is 1. The first-order valence-electron chi connectivity index (χ1n) is 6.45. The maximum Gasteiger partial charge on any atom is 0.118 e. The van der Waals surface area contributed by atoms with Crippen molar-refractivity contribution >= 4 is 17.3 Å². The highest BCUT2D eigenvalue weighted by Gasteiger charge is 2.21. The second-order valence-corrected chi connectivity index (χ2v) is 5.21. The van der Waals surface area contributed by atoms with Crippen LogP contribution in [0.1, 0.15) is 23.5 Å². The predicted octanol–water partition coefficient (Wildman–Crippen LogP) is 4.30. The summed E-state index contributed by atoms with van der Waals surface area (Å²) in [7, 11) is 1.69. The highest BCUT2D eigenvalue weighted by Crippen LogP contribution is 2.38. The zero-order chi connectivity index (χ0) is 13.2. The Hall–Kier alpha value is -1.67. The predicted molar refractivity (Wildman–Crippen MR) is 79.4 cm³/mol. The fourth-order valence-corrected chi connectivity index (χ4v) is 2.85. The van der Waals surface area contributed by atoms with Crippen LogP contribution in [0, 0.1) is 0 Å². The van der Waals surface area contributed by atoms with Crippen LogP contribution in [0.4, 0.5) is 5.69 Å². The van der Waals surface area contributed by atoms with Crippen molar-refractivity contribution in [2.75, 3.05) is 19.0 Å². The van der Waals surface area contributed by atoms with Crippen LogP contribution in [0.2, 0.25) is 5.02 Å². The largest absolute Gasteiger partial charge is 0.497 e. The number of rotatable bonds is 2. The Labute approximate surface area is 118 Å². The molecule has 0 saturated carbocycles. The van der Waals surface area contributed by atoms with Gasteiger partial charge in [0.25, 0.3) is 0 Å². The van der Waals surface area contributed by atoms with Crippen molar-refractivity contribution < 1.29 is 4.74 Å². The summed E-state index contributed by atoms with van der Waals surface area (Å²) >= 11 is 6.05. The molecule has 0 aromatic heterocycles. The molecule has 3 heteroatoms. The molecular formula is C16H16ClNO. The number of nitrogens with one attached hydrogen (secondary N) is 1. The van der Waals surface area contributed by atoms with E-state index in [4.69, 9.17) is 16.3 Å². The van der Waals surface area contributed by atoms with E-state index in [1.54, 1.807) is 7.11 Å². The van der Waals surface area contributed by atoms with Gasteiger partial charge in [0.2, 0.25) is 0 Å². The van der Waals surface area contributed by atoms with Crippen molar-refractivity contribution in [3.63, 3.8) is 0 Å². The van der Waals surface area contributed by atoms with Gasteiger partial charge in [-0.2, -0.15) is 0 Å². The summed E-state index contributed by atoms with van der Waals surface area (Å²) in [5, 5.41) is 4.20. The molecule has 1 aliphatic heterocycles. The highest BCUT2D eigenvalue weighted by atomic mass is 35.5. The molecule has 1 atom stereocenters. The minimum Gasteiger partial charge on any atom is -0.497 e. The molecule has 98 valence electrons. The molecular weight excluding hydrogens is 258 g/mol. The van der Waals surface area contributed by atoms with Crippen molar-refractivity contribution in [1.82, 2.24) is 0 Å². The van der Waals surface area contributed by atoms with E-state index in [2.05, 4.69) is 23.5 Å². The molecule has 2 aromatic carbocycles. The molecule has 19 heavy (non-hydrogen) atoms. The minimum atomic E-state index is 0.430. The quantitative estimate of drug-likeness (QED) is 0.881. The summed E-state index contributed by atoms with van der Waals surface area (Å²) in [6.45, 7) is 0.976. The molecule has 1 heterocycles. The smallest absolute Gasteiger partial charge is 0.118 e. The summed E-state index contributed by atoms with van der Waals surface area (Å²) in [5.41, 5.74) is 3.80. The van der Waals surface area contributed by atoms with Gasteiger partial charge in [0.05, 0.1) is 7.11 Å². The molecule has 2 aromatic rings. The standard InChI is InChI=1S/C16H16ClNO/c1-19-13-5-2-11(3-6-13)14-8-9-18-16-10-12(17)4-7-15(14)16/h2-7,10,14,18H,8-9H2,1H3/t14-/m1/s1. The van der Waals surface area contributed by atoms with Crippen LogP contribution in [-0.4, -0.2) is 13.7 Å². The van der Waals surface area contributed by atoms with Crippen molar-refractivity contribution in [3.05, 3.63) is 58.6 Å². The third-order valence-electron chi connectivity index (χ3n) is 3.66. The molecule has 0 unspecified atom stereocenters. The van der Waals surface area contributed by atoms with Crippen LogP contribution in [0.5, 0.6) is 5.75 Å². The Bertz CT molecular complexity index is 580.